The quantitative estimate of drug-likeness (QED) is 0.868. The summed E-state index contributed by atoms with van der Waals surface area (Å²) in [6.45, 7) is 1.79. The van der Waals surface area contributed by atoms with Crippen molar-refractivity contribution in [1.29, 1.82) is 0 Å². The molecule has 2 N–H and O–H groups in total. The molecule has 21 heavy (non-hydrogen) atoms. The maximum absolute atomic E-state index is 13.6. The maximum atomic E-state index is 13.6. The molecular weight excluding hydrogens is 342 g/mol. The summed E-state index contributed by atoms with van der Waals surface area (Å²) >= 11 is 3.05. The van der Waals surface area contributed by atoms with Crippen LogP contribution in [0.15, 0.2) is 40.9 Å². The fourth-order valence-electron chi connectivity index (χ4n) is 1.81. The molecule has 0 unspecified atom stereocenters. The van der Waals surface area contributed by atoms with E-state index >= 15 is 0 Å². The Bertz CT molecular complexity index is 653. The van der Waals surface area contributed by atoms with E-state index in [0.29, 0.717) is 5.69 Å². The van der Waals surface area contributed by atoms with Crippen molar-refractivity contribution in [3.63, 3.8) is 0 Å². The van der Waals surface area contributed by atoms with Gasteiger partial charge in [0.25, 0.3) is 0 Å². The van der Waals surface area contributed by atoms with Gasteiger partial charge in [-0.15, -0.1) is 0 Å². The average Bonchev–Trinajstić information content (AvgIpc) is 2.37. The monoisotopic (exact) mass is 354 g/mol. The number of nitrogens with one attached hydrogen (secondary N) is 2. The van der Waals surface area contributed by atoms with E-state index in [2.05, 4.69) is 26.6 Å². The summed E-state index contributed by atoms with van der Waals surface area (Å²) < 4.78 is 26.8. The summed E-state index contributed by atoms with van der Waals surface area (Å²) in [5, 5.41) is 5.33. The Morgan fingerprint density at radius 3 is 2.67 bits per heavy atom. The highest BCUT2D eigenvalue weighted by atomic mass is 79.9. The Morgan fingerprint density at radius 2 is 2.00 bits per heavy atom. The van der Waals surface area contributed by atoms with Crippen molar-refractivity contribution >= 4 is 33.2 Å². The molecule has 0 saturated heterocycles. The number of anilines is 2. The van der Waals surface area contributed by atoms with Crippen LogP contribution in [-0.4, -0.2) is 12.5 Å². The minimum atomic E-state index is -0.759. The lowest BCUT2D eigenvalue weighted by atomic mass is 10.2. The first-order chi connectivity index (χ1) is 9.95. The highest BCUT2D eigenvalue weighted by molar-refractivity contribution is 9.10. The Balaban J connectivity index is 1.99. The molecule has 0 radical (unpaired) electrons. The largest absolute Gasteiger partial charge is 0.373 e. The Kier molecular flexibility index (Phi) is 4.90. The molecule has 0 bridgehead atoms. The number of halogens is 3. The third-order valence-electron chi connectivity index (χ3n) is 2.73. The summed E-state index contributed by atoms with van der Waals surface area (Å²) in [6.07, 6.45) is 0. The molecule has 0 saturated carbocycles. The predicted molar refractivity (Wildman–Crippen MR) is 82.4 cm³/mol. The van der Waals surface area contributed by atoms with Gasteiger partial charge in [-0.25, -0.2) is 8.78 Å². The second-order valence-electron chi connectivity index (χ2n) is 4.52. The van der Waals surface area contributed by atoms with E-state index in [-0.39, 0.29) is 22.6 Å². The van der Waals surface area contributed by atoms with Crippen LogP contribution in [0.25, 0.3) is 0 Å². The minimum Gasteiger partial charge on any atom is -0.373 e. The van der Waals surface area contributed by atoms with Crippen molar-refractivity contribution in [3.05, 3.63) is 58.1 Å². The van der Waals surface area contributed by atoms with E-state index < -0.39 is 11.6 Å². The molecule has 0 aliphatic rings. The molecule has 6 heteroatoms. The van der Waals surface area contributed by atoms with Crippen molar-refractivity contribution in [1.82, 2.24) is 0 Å². The van der Waals surface area contributed by atoms with Crippen LogP contribution in [0.3, 0.4) is 0 Å². The molecule has 1 amide bonds. The molecule has 2 rings (SSSR count). The molecule has 3 nitrogen and oxygen atoms in total. The van der Waals surface area contributed by atoms with Crippen molar-refractivity contribution in [2.24, 2.45) is 0 Å². The summed E-state index contributed by atoms with van der Waals surface area (Å²) in [5.74, 6) is -1.77. The number of carbonyl (C=O) groups is 1. The van der Waals surface area contributed by atoms with Gasteiger partial charge in [-0.2, -0.15) is 0 Å². The molecule has 0 fully saturated rings. The SMILES string of the molecule is Cc1cccc(NC(=O)CNc2c(F)cc(F)cc2Br)c1. The molecular formula is C15H13BrF2N2O. The molecule has 0 aliphatic heterocycles. The fourth-order valence-corrected chi connectivity index (χ4v) is 2.36. The van der Waals surface area contributed by atoms with Crippen LogP contribution in [0.5, 0.6) is 0 Å². The number of benzene rings is 2. The van der Waals surface area contributed by atoms with Crippen LogP contribution in [0.1, 0.15) is 5.56 Å². The predicted octanol–water partition coefficient (Wildman–Crippen LogP) is 4.09. The lowest BCUT2D eigenvalue weighted by molar-refractivity contribution is -0.114. The number of rotatable bonds is 4. The maximum Gasteiger partial charge on any atom is 0.243 e. The van der Waals surface area contributed by atoms with Crippen LogP contribution >= 0.6 is 15.9 Å². The van der Waals surface area contributed by atoms with Gasteiger partial charge in [-0.05, 0) is 46.6 Å². The van der Waals surface area contributed by atoms with Gasteiger partial charge in [-0.3, -0.25) is 4.79 Å². The fraction of sp³-hybridized carbons (Fsp3) is 0.133. The molecule has 110 valence electrons. The Labute approximate surface area is 129 Å². The van der Waals surface area contributed by atoms with Crippen LogP contribution in [0.4, 0.5) is 20.2 Å². The van der Waals surface area contributed by atoms with Crippen molar-refractivity contribution in [2.45, 2.75) is 6.92 Å². The van der Waals surface area contributed by atoms with Gasteiger partial charge in [0.1, 0.15) is 11.6 Å². The first-order valence-corrected chi connectivity index (χ1v) is 7.00. The molecule has 0 aliphatic carbocycles. The first-order valence-electron chi connectivity index (χ1n) is 6.20. The summed E-state index contributed by atoms with van der Waals surface area (Å²) in [7, 11) is 0. The molecule has 0 spiro atoms. The van der Waals surface area contributed by atoms with Gasteiger partial charge in [0.15, 0.2) is 0 Å². The van der Waals surface area contributed by atoms with E-state index in [1.54, 1.807) is 6.07 Å². The molecule has 0 aromatic heterocycles. The van der Waals surface area contributed by atoms with Crippen molar-refractivity contribution in [2.75, 3.05) is 17.2 Å². The third-order valence-corrected chi connectivity index (χ3v) is 3.36. The summed E-state index contributed by atoms with van der Waals surface area (Å²) in [5.41, 5.74) is 1.74. The smallest absolute Gasteiger partial charge is 0.243 e. The molecule has 0 heterocycles. The Hall–Kier alpha value is -1.95. The van der Waals surface area contributed by atoms with E-state index in [1.165, 1.54) is 0 Å². The van der Waals surface area contributed by atoms with Crippen molar-refractivity contribution in [3.8, 4) is 0 Å². The first kappa shape index (κ1) is 15.4. The van der Waals surface area contributed by atoms with Gasteiger partial charge < -0.3 is 10.6 Å². The van der Waals surface area contributed by atoms with Crippen LogP contribution in [0.2, 0.25) is 0 Å². The van der Waals surface area contributed by atoms with E-state index in [1.807, 2.05) is 25.1 Å². The van der Waals surface area contributed by atoms with Gasteiger partial charge in [0.05, 0.1) is 12.2 Å². The number of carbonyl (C=O) groups excluding carboxylic acids is 1. The number of amides is 1. The van der Waals surface area contributed by atoms with E-state index in [0.717, 1.165) is 17.7 Å². The van der Waals surface area contributed by atoms with E-state index in [4.69, 9.17) is 0 Å². The second kappa shape index (κ2) is 6.67. The minimum absolute atomic E-state index is 0.0517. The number of hydrogen-bond acceptors (Lipinski definition) is 2. The molecule has 2 aromatic rings. The Morgan fingerprint density at radius 1 is 1.24 bits per heavy atom. The zero-order chi connectivity index (χ0) is 15.4. The van der Waals surface area contributed by atoms with Crippen molar-refractivity contribution < 1.29 is 13.6 Å². The zero-order valence-electron chi connectivity index (χ0n) is 11.2. The van der Waals surface area contributed by atoms with Crippen LogP contribution in [-0.2, 0) is 4.79 Å². The average molecular weight is 355 g/mol. The number of hydrogen-bond donors (Lipinski definition) is 2. The van der Waals surface area contributed by atoms with Gasteiger partial charge in [0.2, 0.25) is 5.91 Å². The third kappa shape index (κ3) is 4.26. The summed E-state index contributed by atoms with van der Waals surface area (Å²) in [4.78, 5) is 11.8. The van der Waals surface area contributed by atoms with E-state index in [9.17, 15) is 13.6 Å². The van der Waals surface area contributed by atoms with Crippen LogP contribution < -0.4 is 10.6 Å². The van der Waals surface area contributed by atoms with Crippen LogP contribution in [0, 0.1) is 18.6 Å². The van der Waals surface area contributed by atoms with Gasteiger partial charge in [-0.1, -0.05) is 12.1 Å². The normalized spacial score (nSPS) is 10.3. The topological polar surface area (TPSA) is 41.1 Å². The summed E-state index contributed by atoms with van der Waals surface area (Å²) in [6, 6.07) is 9.22. The highest BCUT2D eigenvalue weighted by Gasteiger charge is 2.11. The lowest BCUT2D eigenvalue weighted by Gasteiger charge is -2.10. The standard InChI is InChI=1S/C15H13BrF2N2O/c1-9-3-2-4-11(5-9)20-14(21)8-19-15-12(16)6-10(17)7-13(15)18/h2-7,19H,8H2,1H3,(H,20,21). The zero-order valence-corrected chi connectivity index (χ0v) is 12.8. The van der Waals surface area contributed by atoms with Gasteiger partial charge in [0, 0.05) is 16.2 Å². The van der Waals surface area contributed by atoms with Gasteiger partial charge >= 0.3 is 0 Å². The molecule has 2 aromatic carbocycles. The molecule has 0 atom stereocenters. The lowest BCUT2D eigenvalue weighted by Crippen LogP contribution is -2.22. The second-order valence-corrected chi connectivity index (χ2v) is 5.37. The highest BCUT2D eigenvalue weighted by Crippen LogP contribution is 2.26. The number of aryl methyl sites for hydroxylation is 1.